The van der Waals surface area contributed by atoms with Crippen LogP contribution in [0.3, 0.4) is 0 Å². The Bertz CT molecular complexity index is 502. The number of rotatable bonds is 5. The maximum absolute atomic E-state index is 4.63. The highest BCUT2D eigenvalue weighted by Crippen LogP contribution is 2.32. The van der Waals surface area contributed by atoms with Crippen molar-refractivity contribution in [2.45, 2.75) is 38.1 Å². The van der Waals surface area contributed by atoms with Crippen molar-refractivity contribution in [2.75, 3.05) is 11.9 Å². The summed E-state index contributed by atoms with van der Waals surface area (Å²) < 4.78 is 2.04. The second-order valence-corrected chi connectivity index (χ2v) is 5.01. The fourth-order valence-electron chi connectivity index (χ4n) is 2.62. The normalized spacial score (nSPS) is 15.8. The lowest BCUT2D eigenvalue weighted by Crippen LogP contribution is -2.12. The van der Waals surface area contributed by atoms with E-state index in [2.05, 4.69) is 26.3 Å². The minimum atomic E-state index is 0.636. The van der Waals surface area contributed by atoms with Gasteiger partial charge in [0, 0.05) is 43.3 Å². The van der Waals surface area contributed by atoms with Crippen molar-refractivity contribution >= 4 is 5.95 Å². The molecule has 0 bridgehead atoms. The third kappa shape index (κ3) is 3.10. The fourth-order valence-corrected chi connectivity index (χ4v) is 2.62. The van der Waals surface area contributed by atoms with Crippen LogP contribution in [0.5, 0.6) is 0 Å². The van der Waals surface area contributed by atoms with Crippen molar-refractivity contribution in [3.63, 3.8) is 0 Å². The van der Waals surface area contributed by atoms with Crippen molar-refractivity contribution in [2.24, 2.45) is 0 Å². The van der Waals surface area contributed by atoms with E-state index in [1.54, 1.807) is 6.20 Å². The first-order valence-corrected chi connectivity index (χ1v) is 6.94. The van der Waals surface area contributed by atoms with Gasteiger partial charge in [0.15, 0.2) is 0 Å². The molecule has 5 nitrogen and oxygen atoms in total. The number of anilines is 1. The molecule has 0 unspecified atom stereocenters. The van der Waals surface area contributed by atoms with Crippen LogP contribution in [0.4, 0.5) is 5.95 Å². The summed E-state index contributed by atoms with van der Waals surface area (Å²) in [6.07, 6.45) is 12.6. The molecule has 1 aliphatic rings. The summed E-state index contributed by atoms with van der Waals surface area (Å²) in [6.45, 7) is 1.68. The SMILES string of the molecule is c1cn(CCNc2nccc(C3CCCC3)n2)cn1. The van der Waals surface area contributed by atoms with Crippen molar-refractivity contribution in [1.82, 2.24) is 19.5 Å². The van der Waals surface area contributed by atoms with Crippen LogP contribution < -0.4 is 5.32 Å². The van der Waals surface area contributed by atoms with Crippen molar-refractivity contribution < 1.29 is 0 Å². The largest absolute Gasteiger partial charge is 0.352 e. The first-order chi connectivity index (χ1) is 9.42. The molecule has 0 saturated heterocycles. The summed E-state index contributed by atoms with van der Waals surface area (Å²) in [6, 6.07) is 2.05. The number of aromatic nitrogens is 4. The van der Waals surface area contributed by atoms with E-state index in [0.29, 0.717) is 5.92 Å². The summed E-state index contributed by atoms with van der Waals surface area (Å²) in [5.74, 6) is 1.38. The Kier molecular flexibility index (Phi) is 3.72. The molecule has 1 fully saturated rings. The van der Waals surface area contributed by atoms with E-state index < -0.39 is 0 Å². The number of nitrogens with zero attached hydrogens (tertiary/aromatic N) is 4. The van der Waals surface area contributed by atoms with Gasteiger partial charge in [-0.05, 0) is 18.9 Å². The van der Waals surface area contributed by atoms with Gasteiger partial charge >= 0.3 is 0 Å². The Labute approximate surface area is 113 Å². The molecule has 0 aromatic carbocycles. The number of imidazole rings is 1. The van der Waals surface area contributed by atoms with Crippen LogP contribution in [-0.2, 0) is 6.54 Å². The number of hydrogen-bond acceptors (Lipinski definition) is 4. The van der Waals surface area contributed by atoms with Gasteiger partial charge in [-0.3, -0.25) is 0 Å². The van der Waals surface area contributed by atoms with Crippen LogP contribution in [0.2, 0.25) is 0 Å². The Morgan fingerprint density at radius 2 is 2.16 bits per heavy atom. The number of nitrogens with one attached hydrogen (secondary N) is 1. The molecule has 100 valence electrons. The summed E-state index contributed by atoms with van der Waals surface area (Å²) >= 11 is 0. The average Bonchev–Trinajstić information content (AvgIpc) is 3.12. The topological polar surface area (TPSA) is 55.6 Å². The third-order valence-electron chi connectivity index (χ3n) is 3.66. The van der Waals surface area contributed by atoms with Gasteiger partial charge in [0.2, 0.25) is 5.95 Å². The Morgan fingerprint density at radius 3 is 2.95 bits per heavy atom. The Morgan fingerprint density at radius 1 is 1.26 bits per heavy atom. The van der Waals surface area contributed by atoms with Crippen LogP contribution >= 0.6 is 0 Å². The highest BCUT2D eigenvalue weighted by molar-refractivity contribution is 5.26. The van der Waals surface area contributed by atoms with Crippen LogP contribution in [0.1, 0.15) is 37.3 Å². The summed E-state index contributed by atoms with van der Waals surface area (Å²) in [4.78, 5) is 12.9. The summed E-state index contributed by atoms with van der Waals surface area (Å²) in [5.41, 5.74) is 1.19. The highest BCUT2D eigenvalue weighted by atomic mass is 15.1. The summed E-state index contributed by atoms with van der Waals surface area (Å²) in [7, 11) is 0. The molecule has 2 aromatic heterocycles. The van der Waals surface area contributed by atoms with Crippen molar-refractivity contribution in [1.29, 1.82) is 0 Å². The molecule has 0 radical (unpaired) electrons. The van der Waals surface area contributed by atoms with E-state index in [4.69, 9.17) is 0 Å². The molecular weight excluding hydrogens is 238 g/mol. The molecule has 2 aromatic rings. The standard InChI is InChI=1S/C14H19N5/c1-2-4-12(3-1)13-5-6-16-14(18-13)17-8-10-19-9-7-15-11-19/h5-7,9,11-12H,1-4,8,10H2,(H,16,17,18). The maximum Gasteiger partial charge on any atom is 0.222 e. The van der Waals surface area contributed by atoms with Gasteiger partial charge in [-0.15, -0.1) is 0 Å². The molecule has 1 saturated carbocycles. The van der Waals surface area contributed by atoms with Gasteiger partial charge in [-0.25, -0.2) is 15.0 Å². The fraction of sp³-hybridized carbons (Fsp3) is 0.500. The van der Waals surface area contributed by atoms with Crippen LogP contribution in [0.25, 0.3) is 0 Å². The second kappa shape index (κ2) is 5.82. The average molecular weight is 257 g/mol. The van der Waals surface area contributed by atoms with E-state index in [1.807, 2.05) is 23.3 Å². The molecule has 1 aliphatic carbocycles. The Balaban J connectivity index is 1.56. The van der Waals surface area contributed by atoms with Crippen LogP contribution in [0, 0.1) is 0 Å². The summed E-state index contributed by atoms with van der Waals surface area (Å²) in [5, 5.41) is 3.28. The predicted octanol–water partition coefficient (Wildman–Crippen LogP) is 2.44. The molecule has 5 heteroatoms. The monoisotopic (exact) mass is 257 g/mol. The Hall–Kier alpha value is -1.91. The lowest BCUT2D eigenvalue weighted by atomic mass is 10.0. The molecule has 0 amide bonds. The lowest BCUT2D eigenvalue weighted by molar-refractivity contribution is 0.690. The molecule has 1 N–H and O–H groups in total. The lowest BCUT2D eigenvalue weighted by Gasteiger charge is -2.10. The maximum atomic E-state index is 4.63. The van der Waals surface area contributed by atoms with Gasteiger partial charge in [0.1, 0.15) is 0 Å². The van der Waals surface area contributed by atoms with E-state index in [9.17, 15) is 0 Å². The van der Waals surface area contributed by atoms with E-state index in [0.717, 1.165) is 19.0 Å². The van der Waals surface area contributed by atoms with E-state index in [1.165, 1.54) is 31.4 Å². The smallest absolute Gasteiger partial charge is 0.222 e. The predicted molar refractivity (Wildman–Crippen MR) is 74.0 cm³/mol. The van der Waals surface area contributed by atoms with Gasteiger partial charge in [0.25, 0.3) is 0 Å². The van der Waals surface area contributed by atoms with Crippen LogP contribution in [0.15, 0.2) is 31.0 Å². The number of hydrogen-bond donors (Lipinski definition) is 1. The van der Waals surface area contributed by atoms with E-state index in [-0.39, 0.29) is 0 Å². The minimum Gasteiger partial charge on any atom is -0.352 e. The minimum absolute atomic E-state index is 0.636. The molecule has 19 heavy (non-hydrogen) atoms. The van der Waals surface area contributed by atoms with Gasteiger partial charge in [0.05, 0.1) is 6.33 Å². The first-order valence-electron chi connectivity index (χ1n) is 6.94. The van der Waals surface area contributed by atoms with Crippen molar-refractivity contribution in [3.05, 3.63) is 36.7 Å². The van der Waals surface area contributed by atoms with E-state index >= 15 is 0 Å². The third-order valence-corrected chi connectivity index (χ3v) is 3.66. The molecule has 2 heterocycles. The molecular formula is C14H19N5. The zero-order valence-corrected chi connectivity index (χ0v) is 11.0. The molecule has 3 rings (SSSR count). The second-order valence-electron chi connectivity index (χ2n) is 5.01. The molecule has 0 spiro atoms. The first kappa shape index (κ1) is 12.1. The molecule has 0 aliphatic heterocycles. The quantitative estimate of drug-likeness (QED) is 0.894. The van der Waals surface area contributed by atoms with Gasteiger partial charge < -0.3 is 9.88 Å². The highest BCUT2D eigenvalue weighted by Gasteiger charge is 2.18. The molecule has 0 atom stereocenters. The van der Waals surface area contributed by atoms with Crippen LogP contribution in [-0.4, -0.2) is 26.1 Å². The zero-order valence-electron chi connectivity index (χ0n) is 11.0. The van der Waals surface area contributed by atoms with Crippen molar-refractivity contribution in [3.8, 4) is 0 Å². The zero-order chi connectivity index (χ0) is 12.9. The van der Waals surface area contributed by atoms with Gasteiger partial charge in [-0.2, -0.15) is 0 Å². The van der Waals surface area contributed by atoms with Gasteiger partial charge in [-0.1, -0.05) is 12.8 Å².